The van der Waals surface area contributed by atoms with E-state index in [4.69, 9.17) is 0 Å². The molecule has 0 spiro atoms. The predicted octanol–water partition coefficient (Wildman–Crippen LogP) is 2.64. The van der Waals surface area contributed by atoms with Crippen molar-refractivity contribution in [2.75, 3.05) is 31.1 Å². The van der Waals surface area contributed by atoms with E-state index in [1.807, 2.05) is 26.0 Å². The summed E-state index contributed by atoms with van der Waals surface area (Å²) in [6.45, 7) is 6.82. The number of hydrogen-bond acceptors (Lipinski definition) is 5. The van der Waals surface area contributed by atoms with Crippen LogP contribution < -0.4 is 10.2 Å². The fourth-order valence-electron chi connectivity index (χ4n) is 3.48. The summed E-state index contributed by atoms with van der Waals surface area (Å²) in [5, 5.41) is 2.86. The molecule has 2 aromatic rings. The molecule has 1 aromatic carbocycles. The van der Waals surface area contributed by atoms with E-state index in [2.05, 4.69) is 15.2 Å². The van der Waals surface area contributed by atoms with Crippen LogP contribution in [0, 0.1) is 0 Å². The molecule has 3 rings (SSSR count). The van der Waals surface area contributed by atoms with Crippen molar-refractivity contribution in [3.05, 3.63) is 53.9 Å². The van der Waals surface area contributed by atoms with Crippen molar-refractivity contribution in [1.29, 1.82) is 0 Å². The van der Waals surface area contributed by atoms with Crippen molar-refractivity contribution >= 4 is 21.6 Å². The number of aromatic nitrogens is 1. The van der Waals surface area contributed by atoms with Gasteiger partial charge in [-0.25, -0.2) is 8.42 Å². The highest BCUT2D eigenvalue weighted by atomic mass is 32.2. The highest BCUT2D eigenvalue weighted by Crippen LogP contribution is 2.20. The summed E-state index contributed by atoms with van der Waals surface area (Å²) in [6, 6.07) is 10.4. The molecule has 8 heteroatoms. The van der Waals surface area contributed by atoms with Crippen molar-refractivity contribution in [3.63, 3.8) is 0 Å². The van der Waals surface area contributed by atoms with Crippen molar-refractivity contribution in [2.24, 2.45) is 0 Å². The van der Waals surface area contributed by atoms with E-state index >= 15 is 0 Å². The molecule has 156 valence electrons. The van der Waals surface area contributed by atoms with Crippen LogP contribution in [-0.2, 0) is 16.6 Å². The SMILES string of the molecule is CCN(CC)S(=O)(=O)c1ccc(CNC(=O)c2cc(N3CCCC3)ccn2)cc1. The van der Waals surface area contributed by atoms with Gasteiger partial charge in [0.25, 0.3) is 5.91 Å². The van der Waals surface area contributed by atoms with Gasteiger partial charge in [-0.15, -0.1) is 0 Å². The summed E-state index contributed by atoms with van der Waals surface area (Å²) >= 11 is 0. The van der Waals surface area contributed by atoms with Crippen LogP contribution in [0.4, 0.5) is 5.69 Å². The number of carbonyl (C=O) groups excluding carboxylic acids is 1. The van der Waals surface area contributed by atoms with Gasteiger partial charge in [0, 0.05) is 44.6 Å². The van der Waals surface area contributed by atoms with E-state index in [1.54, 1.807) is 30.5 Å². The Labute approximate surface area is 172 Å². The first-order valence-electron chi connectivity index (χ1n) is 10.0. The van der Waals surface area contributed by atoms with E-state index < -0.39 is 10.0 Å². The number of sulfonamides is 1. The number of rotatable bonds is 8. The first kappa shape index (κ1) is 21.3. The third-order valence-electron chi connectivity index (χ3n) is 5.17. The molecule has 1 amide bonds. The first-order chi connectivity index (χ1) is 14.0. The van der Waals surface area contributed by atoms with Gasteiger partial charge in [0.15, 0.2) is 0 Å². The number of pyridine rings is 1. The monoisotopic (exact) mass is 416 g/mol. The summed E-state index contributed by atoms with van der Waals surface area (Å²) in [5.41, 5.74) is 2.23. The number of amides is 1. The Morgan fingerprint density at radius 3 is 2.38 bits per heavy atom. The van der Waals surface area contributed by atoms with E-state index in [1.165, 1.54) is 17.1 Å². The molecule has 7 nitrogen and oxygen atoms in total. The number of nitrogens with one attached hydrogen (secondary N) is 1. The maximum atomic E-state index is 12.5. The van der Waals surface area contributed by atoms with Crippen LogP contribution in [-0.4, -0.2) is 49.8 Å². The highest BCUT2D eigenvalue weighted by molar-refractivity contribution is 7.89. The normalized spacial score (nSPS) is 14.4. The average molecular weight is 417 g/mol. The maximum absolute atomic E-state index is 12.5. The van der Waals surface area contributed by atoms with E-state index in [0.29, 0.717) is 25.3 Å². The molecule has 1 aromatic heterocycles. The summed E-state index contributed by atoms with van der Waals surface area (Å²) in [6.07, 6.45) is 4.00. The Morgan fingerprint density at radius 1 is 1.10 bits per heavy atom. The van der Waals surface area contributed by atoms with E-state index in [0.717, 1.165) is 24.3 Å². The maximum Gasteiger partial charge on any atom is 0.270 e. The number of nitrogens with zero attached hydrogens (tertiary/aromatic N) is 3. The Balaban J connectivity index is 1.63. The van der Waals surface area contributed by atoms with Crippen LogP contribution in [0.1, 0.15) is 42.7 Å². The zero-order valence-electron chi connectivity index (χ0n) is 17.0. The van der Waals surface area contributed by atoms with Crippen LogP contribution in [0.25, 0.3) is 0 Å². The minimum absolute atomic E-state index is 0.245. The number of hydrogen-bond donors (Lipinski definition) is 1. The van der Waals surface area contributed by atoms with Crippen LogP contribution in [0.2, 0.25) is 0 Å². The second kappa shape index (κ2) is 9.37. The summed E-state index contributed by atoms with van der Waals surface area (Å²) < 4.78 is 26.5. The van der Waals surface area contributed by atoms with Crippen molar-refractivity contribution in [2.45, 2.75) is 38.1 Å². The summed E-state index contributed by atoms with van der Waals surface area (Å²) in [7, 11) is -3.47. The van der Waals surface area contributed by atoms with Gasteiger partial charge in [0.05, 0.1) is 4.90 Å². The van der Waals surface area contributed by atoms with Gasteiger partial charge in [0.2, 0.25) is 10.0 Å². The van der Waals surface area contributed by atoms with Crippen molar-refractivity contribution < 1.29 is 13.2 Å². The molecule has 0 atom stereocenters. The number of anilines is 1. The molecule has 1 N–H and O–H groups in total. The van der Waals surface area contributed by atoms with Gasteiger partial charge >= 0.3 is 0 Å². The molecule has 1 fully saturated rings. The molecule has 0 aliphatic carbocycles. The minimum Gasteiger partial charge on any atom is -0.371 e. The molecule has 0 bridgehead atoms. The second-order valence-corrected chi connectivity index (χ2v) is 8.95. The van der Waals surface area contributed by atoms with Gasteiger partial charge in [0.1, 0.15) is 5.69 Å². The lowest BCUT2D eigenvalue weighted by molar-refractivity contribution is 0.0946. The molecule has 1 aliphatic rings. The Morgan fingerprint density at radius 2 is 1.76 bits per heavy atom. The quantitative estimate of drug-likeness (QED) is 0.715. The predicted molar refractivity (Wildman–Crippen MR) is 113 cm³/mol. The molecule has 0 unspecified atom stereocenters. The van der Waals surface area contributed by atoms with E-state index in [-0.39, 0.29) is 10.8 Å². The summed E-state index contributed by atoms with van der Waals surface area (Å²) in [5.74, 6) is -0.245. The molecule has 1 saturated heterocycles. The van der Waals surface area contributed by atoms with Gasteiger partial charge in [-0.2, -0.15) is 4.31 Å². The molecule has 0 saturated carbocycles. The van der Waals surface area contributed by atoms with Gasteiger partial charge in [-0.05, 0) is 42.7 Å². The smallest absolute Gasteiger partial charge is 0.270 e. The minimum atomic E-state index is -3.47. The Bertz CT molecular complexity index is 935. The number of carbonyl (C=O) groups is 1. The molecule has 2 heterocycles. The summed E-state index contributed by atoms with van der Waals surface area (Å²) in [4.78, 5) is 19.2. The fraction of sp³-hybridized carbons (Fsp3) is 0.429. The van der Waals surface area contributed by atoms with E-state index in [9.17, 15) is 13.2 Å². The zero-order valence-corrected chi connectivity index (χ0v) is 17.8. The third-order valence-corrected chi connectivity index (χ3v) is 7.23. The molecular weight excluding hydrogens is 388 g/mol. The zero-order chi connectivity index (χ0) is 20.9. The van der Waals surface area contributed by atoms with Crippen LogP contribution in [0.5, 0.6) is 0 Å². The Kier molecular flexibility index (Phi) is 6.87. The second-order valence-electron chi connectivity index (χ2n) is 7.01. The lowest BCUT2D eigenvalue weighted by Crippen LogP contribution is -2.30. The average Bonchev–Trinajstić information content (AvgIpc) is 3.28. The third kappa shape index (κ3) is 4.94. The Hall–Kier alpha value is -2.45. The lowest BCUT2D eigenvalue weighted by Gasteiger charge is -2.18. The van der Waals surface area contributed by atoms with Gasteiger partial charge in [-0.1, -0.05) is 26.0 Å². The van der Waals surface area contributed by atoms with Crippen LogP contribution in [0.3, 0.4) is 0 Å². The fourth-order valence-corrected chi connectivity index (χ4v) is 4.94. The largest absolute Gasteiger partial charge is 0.371 e. The van der Waals surface area contributed by atoms with Crippen LogP contribution in [0.15, 0.2) is 47.5 Å². The lowest BCUT2D eigenvalue weighted by atomic mass is 10.2. The molecule has 1 aliphatic heterocycles. The van der Waals surface area contributed by atoms with Crippen LogP contribution >= 0.6 is 0 Å². The van der Waals surface area contributed by atoms with Gasteiger partial charge < -0.3 is 10.2 Å². The molecular formula is C21H28N4O3S. The molecule has 0 radical (unpaired) electrons. The number of benzene rings is 1. The molecule has 29 heavy (non-hydrogen) atoms. The highest BCUT2D eigenvalue weighted by Gasteiger charge is 2.21. The van der Waals surface area contributed by atoms with Crippen molar-refractivity contribution in [1.82, 2.24) is 14.6 Å². The first-order valence-corrected chi connectivity index (χ1v) is 11.5. The standard InChI is InChI=1S/C21H28N4O3S/c1-3-25(4-2)29(27,28)19-9-7-17(8-10-19)16-23-21(26)20-15-18(11-12-22-20)24-13-5-6-14-24/h7-12,15H,3-6,13-14,16H2,1-2H3,(H,23,26). The van der Waals surface area contributed by atoms with Gasteiger partial charge in [-0.3, -0.25) is 9.78 Å². The topological polar surface area (TPSA) is 82.6 Å². The van der Waals surface area contributed by atoms with Crippen molar-refractivity contribution in [3.8, 4) is 0 Å².